The minimum Gasteiger partial charge on any atom is -0.495 e. The normalized spacial score (nSPS) is 13.1. The number of thiazole rings is 1. The number of hydrogen-bond acceptors (Lipinski definition) is 8. The summed E-state index contributed by atoms with van der Waals surface area (Å²) in [6.45, 7) is 8.12. The van der Waals surface area contributed by atoms with E-state index in [2.05, 4.69) is 20.3 Å². The highest BCUT2D eigenvalue weighted by molar-refractivity contribution is 7.16. The van der Waals surface area contributed by atoms with E-state index in [0.29, 0.717) is 35.1 Å². The molecule has 2 amide bonds. The molecule has 0 atom stereocenters. The number of carbonyl (C=O) groups excluding carboxylic acids is 2. The van der Waals surface area contributed by atoms with Crippen LogP contribution in [0.25, 0.3) is 16.6 Å². The van der Waals surface area contributed by atoms with Gasteiger partial charge in [0.05, 0.1) is 60.6 Å². The van der Waals surface area contributed by atoms with Gasteiger partial charge in [-0.05, 0) is 39.8 Å². The second-order valence-corrected chi connectivity index (χ2v) is 10.6. The molecule has 1 N–H and O–H groups in total. The largest absolute Gasteiger partial charge is 0.495 e. The molecular formula is C25H26N6O4S. The summed E-state index contributed by atoms with van der Waals surface area (Å²) in [5, 5.41) is 3.38. The molecule has 0 fully saturated rings. The van der Waals surface area contributed by atoms with Crippen molar-refractivity contribution in [2.45, 2.75) is 46.4 Å². The molecule has 4 aromatic rings. The number of amides is 2. The van der Waals surface area contributed by atoms with Crippen molar-refractivity contribution in [3.8, 4) is 16.9 Å². The van der Waals surface area contributed by atoms with Gasteiger partial charge in [-0.1, -0.05) is 11.3 Å². The highest BCUT2D eigenvalue weighted by Crippen LogP contribution is 2.35. The van der Waals surface area contributed by atoms with Gasteiger partial charge in [-0.2, -0.15) is 0 Å². The number of nitrogens with one attached hydrogen (secondary N) is 1. The lowest BCUT2D eigenvalue weighted by molar-refractivity contribution is 0.0241. The third-order valence-electron chi connectivity index (χ3n) is 5.63. The molecule has 0 spiro atoms. The summed E-state index contributed by atoms with van der Waals surface area (Å²) in [5.74, 6) is 0.278. The van der Waals surface area contributed by atoms with Gasteiger partial charge < -0.3 is 13.9 Å². The van der Waals surface area contributed by atoms with Gasteiger partial charge in [0.1, 0.15) is 11.4 Å². The Morgan fingerprint density at radius 1 is 1.14 bits per heavy atom. The number of aryl methyl sites for hydroxylation is 1. The van der Waals surface area contributed by atoms with Crippen LogP contribution in [0.5, 0.6) is 5.75 Å². The van der Waals surface area contributed by atoms with Crippen molar-refractivity contribution >= 4 is 34.0 Å². The molecule has 0 unspecified atom stereocenters. The zero-order valence-electron chi connectivity index (χ0n) is 20.7. The molecule has 1 aliphatic rings. The Bertz CT molecular complexity index is 1460. The number of pyridine rings is 2. The lowest BCUT2D eigenvalue weighted by atomic mass is 10.00. The van der Waals surface area contributed by atoms with Crippen molar-refractivity contribution in [1.82, 2.24) is 24.3 Å². The molecule has 1 aliphatic heterocycles. The molecule has 186 valence electrons. The SMILES string of the molecule is COc1cn2cncc2cc1-c1cc(C)ncc1C(=O)Nc1nc2c(s1)CN(C(=O)OC(C)(C)C)C2. The Kier molecular flexibility index (Phi) is 5.87. The fraction of sp³-hybridized carbons (Fsp3) is 0.320. The first kappa shape index (κ1) is 23.7. The predicted octanol–water partition coefficient (Wildman–Crippen LogP) is 4.67. The number of rotatable bonds is 4. The van der Waals surface area contributed by atoms with Crippen molar-refractivity contribution in [1.29, 1.82) is 0 Å². The van der Waals surface area contributed by atoms with Crippen LogP contribution in [0.2, 0.25) is 0 Å². The molecule has 5 rings (SSSR count). The van der Waals surface area contributed by atoms with E-state index >= 15 is 0 Å². The van der Waals surface area contributed by atoms with E-state index < -0.39 is 5.60 Å². The number of imidazole rings is 1. The van der Waals surface area contributed by atoms with E-state index in [-0.39, 0.29) is 12.0 Å². The summed E-state index contributed by atoms with van der Waals surface area (Å²) >= 11 is 1.35. The Hall–Kier alpha value is -3.99. The first-order chi connectivity index (χ1) is 17.1. The van der Waals surface area contributed by atoms with Gasteiger partial charge in [0, 0.05) is 23.0 Å². The standard InChI is InChI=1S/C25H26N6O4S/c1-14-6-16(17-7-15-8-26-13-31(15)11-20(17)34-5)18(9-27-14)22(32)29-23-28-19-10-30(12-21(19)36-23)24(33)35-25(2,3)4/h6-9,11,13H,10,12H2,1-5H3,(H,28,29,32). The van der Waals surface area contributed by atoms with Gasteiger partial charge in [0.25, 0.3) is 5.91 Å². The second kappa shape index (κ2) is 8.90. The molecule has 0 radical (unpaired) electrons. The number of anilines is 1. The van der Waals surface area contributed by atoms with Crippen molar-refractivity contribution in [3.63, 3.8) is 0 Å². The minimum atomic E-state index is -0.565. The van der Waals surface area contributed by atoms with Gasteiger partial charge in [-0.15, -0.1) is 0 Å². The zero-order valence-corrected chi connectivity index (χ0v) is 21.5. The van der Waals surface area contributed by atoms with Gasteiger partial charge in [0.15, 0.2) is 5.13 Å². The Balaban J connectivity index is 1.39. The van der Waals surface area contributed by atoms with Crippen LogP contribution in [0.1, 0.15) is 47.4 Å². The summed E-state index contributed by atoms with van der Waals surface area (Å²) in [6, 6.07) is 3.79. The van der Waals surface area contributed by atoms with Crippen LogP contribution in [-0.2, 0) is 17.8 Å². The smallest absolute Gasteiger partial charge is 0.410 e. The summed E-state index contributed by atoms with van der Waals surface area (Å²) < 4.78 is 12.9. The first-order valence-electron chi connectivity index (χ1n) is 11.4. The van der Waals surface area contributed by atoms with E-state index in [9.17, 15) is 9.59 Å². The average molecular weight is 507 g/mol. The van der Waals surface area contributed by atoms with Crippen LogP contribution in [-0.4, -0.2) is 49.0 Å². The number of nitrogens with zero attached hydrogens (tertiary/aromatic N) is 5. The molecule has 0 aliphatic carbocycles. The average Bonchev–Trinajstić information content (AvgIpc) is 3.51. The maximum atomic E-state index is 13.4. The first-order valence-corrected chi connectivity index (χ1v) is 12.2. The van der Waals surface area contributed by atoms with Crippen LogP contribution in [0.4, 0.5) is 9.93 Å². The third kappa shape index (κ3) is 4.61. The Labute approximate surface area is 211 Å². The second-order valence-electron chi connectivity index (χ2n) is 9.53. The zero-order chi connectivity index (χ0) is 25.6. The maximum absolute atomic E-state index is 13.4. The highest BCUT2D eigenvalue weighted by atomic mass is 32.1. The summed E-state index contributed by atoms with van der Waals surface area (Å²) in [6.07, 6.45) is 6.45. The topological polar surface area (TPSA) is 111 Å². The van der Waals surface area contributed by atoms with Crippen molar-refractivity contribution < 1.29 is 19.1 Å². The van der Waals surface area contributed by atoms with E-state index in [1.54, 1.807) is 30.7 Å². The van der Waals surface area contributed by atoms with Gasteiger partial charge in [0.2, 0.25) is 0 Å². The van der Waals surface area contributed by atoms with Crippen molar-refractivity contribution in [2.24, 2.45) is 0 Å². The molecular weight excluding hydrogens is 480 g/mol. The number of hydrogen-bond donors (Lipinski definition) is 1. The number of ether oxygens (including phenoxy) is 2. The van der Waals surface area contributed by atoms with E-state index in [0.717, 1.165) is 27.3 Å². The van der Waals surface area contributed by atoms with Crippen molar-refractivity contribution in [2.75, 3.05) is 12.4 Å². The van der Waals surface area contributed by atoms with Crippen LogP contribution in [0.15, 0.2) is 37.1 Å². The Morgan fingerprint density at radius 3 is 2.67 bits per heavy atom. The molecule has 4 aromatic heterocycles. The highest BCUT2D eigenvalue weighted by Gasteiger charge is 2.31. The van der Waals surface area contributed by atoms with Gasteiger partial charge in [-0.25, -0.2) is 14.8 Å². The molecule has 0 saturated heterocycles. The Morgan fingerprint density at radius 2 is 1.94 bits per heavy atom. The van der Waals surface area contributed by atoms with Crippen molar-refractivity contribution in [3.05, 3.63) is 58.9 Å². The lowest BCUT2D eigenvalue weighted by Gasteiger charge is -2.24. The molecule has 0 aromatic carbocycles. The van der Waals surface area contributed by atoms with E-state index in [1.165, 1.54) is 11.3 Å². The quantitative estimate of drug-likeness (QED) is 0.428. The van der Waals surface area contributed by atoms with E-state index in [4.69, 9.17) is 9.47 Å². The minimum absolute atomic E-state index is 0.329. The van der Waals surface area contributed by atoms with Crippen LogP contribution in [0.3, 0.4) is 0 Å². The fourth-order valence-electron chi connectivity index (χ4n) is 4.00. The molecule has 0 saturated carbocycles. The van der Waals surface area contributed by atoms with Crippen LogP contribution < -0.4 is 10.1 Å². The monoisotopic (exact) mass is 506 g/mol. The summed E-state index contributed by atoms with van der Waals surface area (Å²) in [5.41, 5.74) is 3.69. The summed E-state index contributed by atoms with van der Waals surface area (Å²) in [7, 11) is 1.59. The predicted molar refractivity (Wildman–Crippen MR) is 135 cm³/mol. The number of carbonyl (C=O) groups is 2. The lowest BCUT2D eigenvalue weighted by Crippen LogP contribution is -2.33. The fourth-order valence-corrected chi connectivity index (χ4v) is 4.98. The molecule has 0 bridgehead atoms. The molecule has 10 nitrogen and oxygen atoms in total. The molecule has 36 heavy (non-hydrogen) atoms. The molecule has 11 heteroatoms. The number of fused-ring (bicyclic) bond motifs is 2. The van der Waals surface area contributed by atoms with Crippen LogP contribution in [0, 0.1) is 6.92 Å². The maximum Gasteiger partial charge on any atom is 0.410 e. The summed E-state index contributed by atoms with van der Waals surface area (Å²) in [4.78, 5) is 41.3. The van der Waals surface area contributed by atoms with Gasteiger partial charge in [-0.3, -0.25) is 20.0 Å². The number of aromatic nitrogens is 4. The molecule has 5 heterocycles. The number of methoxy groups -OCH3 is 1. The van der Waals surface area contributed by atoms with E-state index in [1.807, 2.05) is 50.4 Å². The van der Waals surface area contributed by atoms with Crippen LogP contribution >= 0.6 is 11.3 Å². The van der Waals surface area contributed by atoms with Gasteiger partial charge >= 0.3 is 6.09 Å². The third-order valence-corrected chi connectivity index (χ3v) is 6.63.